The Balaban J connectivity index is 1.91. The van der Waals surface area contributed by atoms with Crippen LogP contribution in [0.2, 0.25) is 0 Å². The van der Waals surface area contributed by atoms with Crippen molar-refractivity contribution in [3.05, 3.63) is 35.9 Å². The average molecular weight is 203 g/mol. The van der Waals surface area contributed by atoms with Crippen LogP contribution in [0.5, 0.6) is 0 Å². The van der Waals surface area contributed by atoms with E-state index in [-0.39, 0.29) is 6.10 Å². The van der Waals surface area contributed by atoms with E-state index < -0.39 is 0 Å². The zero-order valence-electron chi connectivity index (χ0n) is 8.76. The summed E-state index contributed by atoms with van der Waals surface area (Å²) in [5.74, 6) is 0.296. The van der Waals surface area contributed by atoms with Gasteiger partial charge in [-0.15, -0.1) is 0 Å². The molecule has 0 saturated carbocycles. The van der Waals surface area contributed by atoms with Crippen LogP contribution in [0.15, 0.2) is 30.3 Å². The number of piperidine rings is 1. The predicted molar refractivity (Wildman–Crippen MR) is 59.8 cm³/mol. The second-order valence-electron chi connectivity index (χ2n) is 4.79. The Morgan fingerprint density at radius 1 is 1.13 bits per heavy atom. The average Bonchev–Trinajstić information content (AvgIpc) is 2.62. The van der Waals surface area contributed by atoms with Crippen molar-refractivity contribution in [2.75, 3.05) is 0 Å². The van der Waals surface area contributed by atoms with Gasteiger partial charge in [0.25, 0.3) is 0 Å². The molecular formula is C13H17NO. The van der Waals surface area contributed by atoms with Crippen LogP contribution in [0.4, 0.5) is 0 Å². The van der Waals surface area contributed by atoms with Crippen molar-refractivity contribution in [3.8, 4) is 0 Å². The molecule has 0 aromatic heterocycles. The van der Waals surface area contributed by atoms with E-state index in [2.05, 4.69) is 29.6 Å². The maximum atomic E-state index is 10.2. The minimum Gasteiger partial charge on any atom is -0.392 e. The first-order chi connectivity index (χ1) is 7.34. The van der Waals surface area contributed by atoms with Gasteiger partial charge in [-0.3, -0.25) is 0 Å². The molecule has 2 bridgehead atoms. The second-order valence-corrected chi connectivity index (χ2v) is 4.79. The van der Waals surface area contributed by atoms with Crippen LogP contribution >= 0.6 is 0 Å². The van der Waals surface area contributed by atoms with Crippen LogP contribution in [-0.2, 0) is 0 Å². The summed E-state index contributed by atoms with van der Waals surface area (Å²) < 4.78 is 0. The topological polar surface area (TPSA) is 32.3 Å². The Kier molecular flexibility index (Phi) is 2.26. The highest BCUT2D eigenvalue weighted by atomic mass is 16.3. The minimum absolute atomic E-state index is 0.161. The number of nitrogens with one attached hydrogen (secondary N) is 1. The summed E-state index contributed by atoms with van der Waals surface area (Å²) in [6, 6.07) is 11.5. The van der Waals surface area contributed by atoms with Crippen molar-refractivity contribution < 1.29 is 5.11 Å². The summed E-state index contributed by atoms with van der Waals surface area (Å²) in [4.78, 5) is 0. The molecular weight excluding hydrogens is 186 g/mol. The molecule has 2 heterocycles. The fourth-order valence-electron chi connectivity index (χ4n) is 3.16. The molecule has 4 atom stereocenters. The smallest absolute Gasteiger partial charge is 0.0638 e. The summed E-state index contributed by atoms with van der Waals surface area (Å²) in [5.41, 5.74) is 1.28. The minimum atomic E-state index is -0.161. The molecule has 2 aliphatic rings. The zero-order valence-corrected chi connectivity index (χ0v) is 8.76. The summed E-state index contributed by atoms with van der Waals surface area (Å²) in [5, 5.41) is 13.8. The maximum absolute atomic E-state index is 10.2. The Morgan fingerprint density at radius 3 is 2.73 bits per heavy atom. The van der Waals surface area contributed by atoms with Crippen LogP contribution in [0.3, 0.4) is 0 Å². The highest BCUT2D eigenvalue weighted by molar-refractivity contribution is 5.25. The van der Waals surface area contributed by atoms with Crippen LogP contribution in [0, 0.1) is 0 Å². The van der Waals surface area contributed by atoms with Crippen molar-refractivity contribution in [1.29, 1.82) is 0 Å². The van der Waals surface area contributed by atoms with Gasteiger partial charge in [0.1, 0.15) is 0 Å². The van der Waals surface area contributed by atoms with Crippen molar-refractivity contribution in [2.24, 2.45) is 0 Å². The molecule has 80 valence electrons. The molecule has 0 spiro atoms. The summed E-state index contributed by atoms with van der Waals surface area (Å²) in [6.07, 6.45) is 3.19. The molecule has 1 aromatic rings. The molecule has 1 aromatic carbocycles. The third-order valence-electron chi connectivity index (χ3n) is 3.83. The fraction of sp³-hybridized carbons (Fsp3) is 0.538. The lowest BCUT2D eigenvalue weighted by atomic mass is 9.83. The Labute approximate surface area is 90.3 Å². The van der Waals surface area contributed by atoms with Gasteiger partial charge in [-0.1, -0.05) is 30.3 Å². The van der Waals surface area contributed by atoms with E-state index in [0.29, 0.717) is 18.0 Å². The van der Waals surface area contributed by atoms with Crippen molar-refractivity contribution in [3.63, 3.8) is 0 Å². The van der Waals surface area contributed by atoms with E-state index in [9.17, 15) is 5.11 Å². The molecule has 2 saturated heterocycles. The number of aliphatic hydroxyl groups excluding tert-OH is 1. The largest absolute Gasteiger partial charge is 0.392 e. The lowest BCUT2D eigenvalue weighted by molar-refractivity contribution is 0.0893. The third-order valence-corrected chi connectivity index (χ3v) is 3.83. The molecule has 0 unspecified atom stereocenters. The van der Waals surface area contributed by atoms with Gasteiger partial charge in [0.15, 0.2) is 0 Å². The monoisotopic (exact) mass is 203 g/mol. The molecule has 2 nitrogen and oxygen atoms in total. The van der Waals surface area contributed by atoms with Crippen LogP contribution in [0.1, 0.15) is 30.7 Å². The van der Waals surface area contributed by atoms with E-state index in [4.69, 9.17) is 0 Å². The SMILES string of the molecule is O[C@H]1C[C@H]2CC[C@@H](N2)[C@@H]1c1ccccc1. The fourth-order valence-corrected chi connectivity index (χ4v) is 3.16. The predicted octanol–water partition coefficient (Wildman–Crippen LogP) is 1.66. The number of fused-ring (bicyclic) bond motifs is 2. The lowest BCUT2D eigenvalue weighted by Crippen LogP contribution is -2.46. The zero-order chi connectivity index (χ0) is 10.3. The molecule has 2 heteroatoms. The first kappa shape index (κ1) is 9.37. The number of aliphatic hydroxyl groups is 1. The van der Waals surface area contributed by atoms with Gasteiger partial charge in [-0.2, -0.15) is 0 Å². The molecule has 3 rings (SSSR count). The first-order valence-corrected chi connectivity index (χ1v) is 5.83. The maximum Gasteiger partial charge on any atom is 0.0638 e. The van der Waals surface area contributed by atoms with E-state index >= 15 is 0 Å². The summed E-state index contributed by atoms with van der Waals surface area (Å²) >= 11 is 0. The van der Waals surface area contributed by atoms with Gasteiger partial charge >= 0.3 is 0 Å². The van der Waals surface area contributed by atoms with Crippen molar-refractivity contribution in [1.82, 2.24) is 5.32 Å². The van der Waals surface area contributed by atoms with Crippen LogP contribution in [0.25, 0.3) is 0 Å². The van der Waals surface area contributed by atoms with Gasteiger partial charge in [0.2, 0.25) is 0 Å². The number of hydrogen-bond donors (Lipinski definition) is 2. The second kappa shape index (κ2) is 3.62. The molecule has 0 radical (unpaired) electrons. The van der Waals surface area contributed by atoms with E-state index in [0.717, 1.165) is 6.42 Å². The summed E-state index contributed by atoms with van der Waals surface area (Å²) in [7, 11) is 0. The number of rotatable bonds is 1. The van der Waals surface area contributed by atoms with E-state index in [1.807, 2.05) is 6.07 Å². The van der Waals surface area contributed by atoms with Gasteiger partial charge in [0, 0.05) is 18.0 Å². The third kappa shape index (κ3) is 1.58. The van der Waals surface area contributed by atoms with Crippen LogP contribution in [-0.4, -0.2) is 23.3 Å². The molecule has 0 amide bonds. The van der Waals surface area contributed by atoms with Gasteiger partial charge in [-0.05, 0) is 24.8 Å². The van der Waals surface area contributed by atoms with Crippen molar-refractivity contribution in [2.45, 2.75) is 43.4 Å². The number of hydrogen-bond acceptors (Lipinski definition) is 2. The molecule has 2 N–H and O–H groups in total. The molecule has 2 fully saturated rings. The normalized spacial score (nSPS) is 39.3. The van der Waals surface area contributed by atoms with E-state index in [1.54, 1.807) is 0 Å². The molecule has 0 aliphatic carbocycles. The molecule has 2 aliphatic heterocycles. The highest BCUT2D eigenvalue weighted by Crippen LogP contribution is 2.37. The Hall–Kier alpha value is -0.860. The van der Waals surface area contributed by atoms with E-state index in [1.165, 1.54) is 18.4 Å². The first-order valence-electron chi connectivity index (χ1n) is 5.83. The highest BCUT2D eigenvalue weighted by Gasteiger charge is 2.41. The van der Waals surface area contributed by atoms with Crippen LogP contribution < -0.4 is 5.32 Å². The van der Waals surface area contributed by atoms with Gasteiger partial charge in [0.05, 0.1) is 6.10 Å². The molecule has 15 heavy (non-hydrogen) atoms. The summed E-state index contributed by atoms with van der Waals surface area (Å²) in [6.45, 7) is 0. The Morgan fingerprint density at radius 2 is 1.93 bits per heavy atom. The quantitative estimate of drug-likeness (QED) is 0.727. The van der Waals surface area contributed by atoms with Crippen molar-refractivity contribution >= 4 is 0 Å². The lowest BCUT2D eigenvalue weighted by Gasteiger charge is -2.35. The Bertz CT molecular complexity index is 338. The van der Waals surface area contributed by atoms with Gasteiger partial charge in [-0.25, -0.2) is 0 Å². The van der Waals surface area contributed by atoms with Gasteiger partial charge < -0.3 is 10.4 Å². The number of benzene rings is 1. The standard InChI is InChI=1S/C13H17NO/c15-12-8-10-6-7-11(14-10)13(12)9-4-2-1-3-5-9/h1-5,10-15H,6-8H2/t10-,11-,12+,13+/m1/s1.